The molecule has 0 amide bonds. The Hall–Kier alpha value is -0.0500. The van der Waals surface area contributed by atoms with Gasteiger partial charge in [-0.1, -0.05) is 23.2 Å². The van der Waals surface area contributed by atoms with E-state index in [-0.39, 0.29) is 10.6 Å². The van der Waals surface area contributed by atoms with E-state index in [1.165, 1.54) is 6.92 Å². The van der Waals surface area contributed by atoms with Crippen molar-refractivity contribution in [3.8, 4) is 0 Å². The summed E-state index contributed by atoms with van der Waals surface area (Å²) in [5.74, 6) is 0. The van der Waals surface area contributed by atoms with Crippen LogP contribution in [0, 0.1) is 5.41 Å². The summed E-state index contributed by atoms with van der Waals surface area (Å²) >= 11 is 15.6. The summed E-state index contributed by atoms with van der Waals surface area (Å²) in [6.07, 6.45) is 0. The molecule has 0 aromatic heterocycles. The first-order valence-corrected chi connectivity index (χ1v) is 3.40. The minimum Gasteiger partial charge on any atom is -0.289 e. The molecule has 0 heterocycles. The minimum absolute atomic E-state index is 0.125. The first kappa shape index (κ1) is 9.95. The lowest BCUT2D eigenvalue weighted by Crippen LogP contribution is -2.01. The van der Waals surface area contributed by atoms with Crippen LogP contribution in [0.4, 0.5) is 0 Å². The SMILES string of the molecule is CC(Cl)=C(C(=N)Cl)C(=O)Cl. The normalized spacial score (nSPS) is 12.4. The molecule has 0 aliphatic carbocycles. The minimum atomic E-state index is -0.812. The van der Waals surface area contributed by atoms with Crippen molar-refractivity contribution in [3.63, 3.8) is 0 Å². The Morgan fingerprint density at radius 3 is 1.70 bits per heavy atom. The van der Waals surface area contributed by atoms with E-state index < -0.39 is 10.4 Å². The lowest BCUT2D eigenvalue weighted by atomic mass is 10.3. The van der Waals surface area contributed by atoms with Crippen LogP contribution in [-0.4, -0.2) is 10.4 Å². The molecular weight excluding hydrogens is 196 g/mol. The van der Waals surface area contributed by atoms with Crippen LogP contribution >= 0.6 is 34.8 Å². The van der Waals surface area contributed by atoms with Crippen LogP contribution in [0.3, 0.4) is 0 Å². The van der Waals surface area contributed by atoms with Crippen molar-refractivity contribution in [2.45, 2.75) is 6.92 Å². The van der Waals surface area contributed by atoms with E-state index in [0.717, 1.165) is 0 Å². The van der Waals surface area contributed by atoms with E-state index in [9.17, 15) is 4.79 Å². The summed E-state index contributed by atoms with van der Waals surface area (Å²) < 4.78 is 0. The fourth-order valence-electron chi connectivity index (χ4n) is 0.373. The summed E-state index contributed by atoms with van der Waals surface area (Å²) in [6, 6.07) is 0. The molecule has 0 bridgehead atoms. The van der Waals surface area contributed by atoms with Crippen LogP contribution in [-0.2, 0) is 4.79 Å². The fourth-order valence-corrected chi connectivity index (χ4v) is 1.16. The van der Waals surface area contributed by atoms with Crippen LogP contribution in [0.5, 0.6) is 0 Å². The third-order valence-electron chi connectivity index (χ3n) is 0.761. The number of nitrogens with one attached hydrogen (secondary N) is 1. The van der Waals surface area contributed by atoms with Gasteiger partial charge < -0.3 is 0 Å². The maximum absolute atomic E-state index is 10.4. The van der Waals surface area contributed by atoms with Gasteiger partial charge in [0.25, 0.3) is 5.24 Å². The van der Waals surface area contributed by atoms with Crippen molar-refractivity contribution >= 4 is 45.2 Å². The smallest absolute Gasteiger partial charge is 0.256 e. The molecule has 5 heteroatoms. The molecule has 0 fully saturated rings. The maximum atomic E-state index is 10.4. The predicted molar refractivity (Wildman–Crippen MR) is 43.0 cm³/mol. The van der Waals surface area contributed by atoms with Crippen molar-refractivity contribution in [3.05, 3.63) is 10.6 Å². The lowest BCUT2D eigenvalue weighted by molar-refractivity contribution is -0.108. The third kappa shape index (κ3) is 2.69. The Labute approximate surface area is 73.3 Å². The van der Waals surface area contributed by atoms with Crippen molar-refractivity contribution in [2.75, 3.05) is 0 Å². The maximum Gasteiger partial charge on any atom is 0.256 e. The average Bonchev–Trinajstić information content (AvgIpc) is 1.59. The molecule has 0 aliphatic heterocycles. The van der Waals surface area contributed by atoms with E-state index in [1.807, 2.05) is 0 Å². The molecule has 2 nitrogen and oxygen atoms in total. The zero-order chi connectivity index (χ0) is 8.31. The largest absolute Gasteiger partial charge is 0.289 e. The summed E-state index contributed by atoms with van der Waals surface area (Å²) in [6.45, 7) is 1.44. The topological polar surface area (TPSA) is 40.9 Å². The molecule has 0 saturated carbocycles. The molecule has 0 radical (unpaired) electrons. The molecule has 10 heavy (non-hydrogen) atoms. The molecule has 56 valence electrons. The van der Waals surface area contributed by atoms with Crippen LogP contribution in [0.2, 0.25) is 0 Å². The van der Waals surface area contributed by atoms with E-state index in [4.69, 9.17) is 40.2 Å². The lowest BCUT2D eigenvalue weighted by Gasteiger charge is -1.96. The number of rotatable bonds is 2. The van der Waals surface area contributed by atoms with Gasteiger partial charge in [0.05, 0.1) is 5.57 Å². The highest BCUT2D eigenvalue weighted by molar-refractivity contribution is 6.81. The van der Waals surface area contributed by atoms with Crippen LogP contribution in [0.25, 0.3) is 0 Å². The molecule has 0 unspecified atom stereocenters. The van der Waals surface area contributed by atoms with Gasteiger partial charge in [0.15, 0.2) is 0 Å². The second kappa shape index (κ2) is 3.96. The number of halogens is 3. The summed E-state index contributed by atoms with van der Waals surface area (Å²) in [5, 5.41) is 5.71. The molecule has 0 aromatic rings. The Bertz CT molecular complexity index is 189. The highest BCUT2D eigenvalue weighted by atomic mass is 35.5. The Balaban J connectivity index is 4.79. The number of hydrogen-bond acceptors (Lipinski definition) is 2. The first-order chi connectivity index (χ1) is 4.46. The highest BCUT2D eigenvalue weighted by Gasteiger charge is 2.12. The van der Waals surface area contributed by atoms with Gasteiger partial charge in [-0.15, -0.1) is 0 Å². The Morgan fingerprint density at radius 1 is 1.30 bits per heavy atom. The fraction of sp³-hybridized carbons (Fsp3) is 0.200. The van der Waals surface area contributed by atoms with Crippen LogP contribution in [0.1, 0.15) is 6.92 Å². The second-order valence-electron chi connectivity index (χ2n) is 1.50. The quantitative estimate of drug-likeness (QED) is 0.415. The zero-order valence-electron chi connectivity index (χ0n) is 5.04. The van der Waals surface area contributed by atoms with Gasteiger partial charge in [-0.25, -0.2) is 0 Å². The predicted octanol–water partition coefficient (Wildman–Crippen LogP) is 2.48. The molecule has 0 atom stereocenters. The molecular formula is C5H4Cl3NO. The van der Waals surface area contributed by atoms with Gasteiger partial charge in [0.1, 0.15) is 5.17 Å². The number of hydrogen-bond donors (Lipinski definition) is 1. The van der Waals surface area contributed by atoms with Crippen molar-refractivity contribution in [2.24, 2.45) is 0 Å². The van der Waals surface area contributed by atoms with E-state index in [1.54, 1.807) is 0 Å². The Morgan fingerprint density at radius 2 is 1.70 bits per heavy atom. The molecule has 0 saturated heterocycles. The third-order valence-corrected chi connectivity index (χ3v) is 1.33. The van der Waals surface area contributed by atoms with Gasteiger partial charge in [0, 0.05) is 5.03 Å². The van der Waals surface area contributed by atoms with Gasteiger partial charge in [-0.3, -0.25) is 10.2 Å². The van der Waals surface area contributed by atoms with Gasteiger partial charge in [-0.2, -0.15) is 0 Å². The molecule has 0 aliphatic rings. The highest BCUT2D eigenvalue weighted by Crippen LogP contribution is 2.14. The molecule has 1 N–H and O–H groups in total. The second-order valence-corrected chi connectivity index (χ2v) is 2.78. The van der Waals surface area contributed by atoms with Crippen molar-refractivity contribution < 1.29 is 4.79 Å². The Kier molecular flexibility index (Phi) is 3.94. The zero-order valence-corrected chi connectivity index (χ0v) is 7.31. The summed E-state index contributed by atoms with van der Waals surface area (Å²) in [4.78, 5) is 10.4. The van der Waals surface area contributed by atoms with Crippen LogP contribution in [0.15, 0.2) is 10.6 Å². The van der Waals surface area contributed by atoms with Crippen molar-refractivity contribution in [1.29, 1.82) is 5.41 Å². The summed E-state index contributed by atoms with van der Waals surface area (Å²) in [5.41, 5.74) is -0.148. The van der Waals surface area contributed by atoms with Crippen molar-refractivity contribution in [1.82, 2.24) is 0 Å². The summed E-state index contributed by atoms with van der Waals surface area (Å²) in [7, 11) is 0. The van der Waals surface area contributed by atoms with Gasteiger partial charge in [0.2, 0.25) is 0 Å². The van der Waals surface area contributed by atoms with E-state index >= 15 is 0 Å². The number of carbonyl (C=O) groups excluding carboxylic acids is 1. The van der Waals surface area contributed by atoms with Gasteiger partial charge >= 0.3 is 0 Å². The number of carbonyl (C=O) groups is 1. The molecule has 0 rings (SSSR count). The first-order valence-electron chi connectivity index (χ1n) is 2.27. The van der Waals surface area contributed by atoms with Gasteiger partial charge in [-0.05, 0) is 18.5 Å². The van der Waals surface area contributed by atoms with Crippen LogP contribution < -0.4 is 0 Å². The van der Waals surface area contributed by atoms with E-state index in [0.29, 0.717) is 0 Å². The van der Waals surface area contributed by atoms with E-state index in [2.05, 4.69) is 0 Å². The molecule has 0 aromatic carbocycles. The monoisotopic (exact) mass is 199 g/mol. The standard InChI is InChI=1S/C5H4Cl3NO/c1-2(6)3(4(7)9)5(8)10/h9H,1H3. The average molecular weight is 200 g/mol. The molecule has 0 spiro atoms. The number of allylic oxidation sites excluding steroid dienone is 2.